The van der Waals surface area contributed by atoms with Crippen LogP contribution in [0.5, 0.6) is 0 Å². The number of carbonyl (C=O) groups is 1. The predicted molar refractivity (Wildman–Crippen MR) is 89.5 cm³/mol. The van der Waals surface area contributed by atoms with Crippen LogP contribution in [0.2, 0.25) is 0 Å². The Bertz CT molecular complexity index is 296. The van der Waals surface area contributed by atoms with Gasteiger partial charge in [0.15, 0.2) is 0 Å². The van der Waals surface area contributed by atoms with Gasteiger partial charge in [-0.3, -0.25) is 4.79 Å². The van der Waals surface area contributed by atoms with E-state index in [2.05, 4.69) is 19.1 Å². The number of rotatable bonds is 14. The molecule has 122 valence electrons. The SMILES string of the molecule is CCCCCCCC[C@H]1C[C@H]1/C=C\CCCCCC(=O)O. The smallest absolute Gasteiger partial charge is 0.303 e. The van der Waals surface area contributed by atoms with Gasteiger partial charge in [0.2, 0.25) is 0 Å². The molecule has 1 saturated carbocycles. The van der Waals surface area contributed by atoms with Crippen LogP contribution in [0.3, 0.4) is 0 Å². The lowest BCUT2D eigenvalue weighted by Crippen LogP contribution is -1.93. The van der Waals surface area contributed by atoms with E-state index in [0.717, 1.165) is 37.5 Å². The third-order valence-corrected chi connectivity index (χ3v) is 4.55. The van der Waals surface area contributed by atoms with E-state index in [1.54, 1.807) is 0 Å². The second-order valence-corrected chi connectivity index (χ2v) is 6.64. The number of carboxylic acids is 1. The molecule has 0 amide bonds. The molecule has 0 aromatic heterocycles. The lowest BCUT2D eigenvalue weighted by atomic mass is 10.1. The fourth-order valence-corrected chi connectivity index (χ4v) is 3.01. The predicted octanol–water partition coefficient (Wildman–Crippen LogP) is 5.96. The van der Waals surface area contributed by atoms with Gasteiger partial charge in [-0.2, -0.15) is 0 Å². The summed E-state index contributed by atoms with van der Waals surface area (Å²) in [7, 11) is 0. The number of unbranched alkanes of at least 4 members (excludes halogenated alkanes) is 8. The van der Waals surface area contributed by atoms with Gasteiger partial charge < -0.3 is 5.11 Å². The summed E-state index contributed by atoms with van der Waals surface area (Å²) < 4.78 is 0. The van der Waals surface area contributed by atoms with Gasteiger partial charge >= 0.3 is 5.97 Å². The highest BCUT2D eigenvalue weighted by Gasteiger charge is 2.33. The highest BCUT2D eigenvalue weighted by Crippen LogP contribution is 2.43. The first kappa shape index (κ1) is 18.3. The van der Waals surface area contributed by atoms with Gasteiger partial charge in [-0.25, -0.2) is 0 Å². The van der Waals surface area contributed by atoms with Crippen LogP contribution in [-0.4, -0.2) is 11.1 Å². The number of allylic oxidation sites excluding steroid dienone is 2. The Morgan fingerprint density at radius 1 is 1.05 bits per heavy atom. The van der Waals surface area contributed by atoms with Gasteiger partial charge in [-0.1, -0.05) is 64.0 Å². The summed E-state index contributed by atoms with van der Waals surface area (Å²) in [5.41, 5.74) is 0. The summed E-state index contributed by atoms with van der Waals surface area (Å²) in [6, 6.07) is 0. The van der Waals surface area contributed by atoms with Crippen molar-refractivity contribution in [3.05, 3.63) is 12.2 Å². The molecule has 0 heterocycles. The molecule has 0 aromatic rings. The summed E-state index contributed by atoms with van der Waals surface area (Å²) in [4.78, 5) is 10.4. The molecule has 0 aromatic carbocycles. The lowest BCUT2D eigenvalue weighted by Gasteiger charge is -2.00. The Morgan fingerprint density at radius 2 is 1.76 bits per heavy atom. The lowest BCUT2D eigenvalue weighted by molar-refractivity contribution is -0.137. The van der Waals surface area contributed by atoms with E-state index in [-0.39, 0.29) is 0 Å². The van der Waals surface area contributed by atoms with Crippen LogP contribution in [0.25, 0.3) is 0 Å². The number of carboxylic acid groups (broad SMARTS) is 1. The third kappa shape index (κ3) is 10.6. The second-order valence-electron chi connectivity index (χ2n) is 6.64. The van der Waals surface area contributed by atoms with Crippen molar-refractivity contribution in [2.75, 3.05) is 0 Å². The first-order valence-corrected chi connectivity index (χ1v) is 9.12. The van der Waals surface area contributed by atoms with Crippen molar-refractivity contribution in [1.29, 1.82) is 0 Å². The maximum Gasteiger partial charge on any atom is 0.303 e. The van der Waals surface area contributed by atoms with Gasteiger partial charge in [-0.15, -0.1) is 0 Å². The van der Waals surface area contributed by atoms with Crippen LogP contribution in [0, 0.1) is 11.8 Å². The average molecular weight is 294 g/mol. The Balaban J connectivity index is 1.84. The Kier molecular flexibility index (Phi) is 10.3. The summed E-state index contributed by atoms with van der Waals surface area (Å²) in [6.45, 7) is 2.27. The minimum Gasteiger partial charge on any atom is -0.481 e. The fraction of sp³-hybridized carbons (Fsp3) is 0.842. The minimum absolute atomic E-state index is 0.326. The molecular formula is C19H34O2. The van der Waals surface area contributed by atoms with Gasteiger partial charge in [0, 0.05) is 6.42 Å². The van der Waals surface area contributed by atoms with Crippen molar-refractivity contribution < 1.29 is 9.90 Å². The molecule has 1 aliphatic carbocycles. The molecule has 2 nitrogen and oxygen atoms in total. The zero-order valence-electron chi connectivity index (χ0n) is 13.9. The Morgan fingerprint density at radius 3 is 2.52 bits per heavy atom. The van der Waals surface area contributed by atoms with Crippen molar-refractivity contribution in [2.45, 2.75) is 90.4 Å². The van der Waals surface area contributed by atoms with Crippen LogP contribution < -0.4 is 0 Å². The van der Waals surface area contributed by atoms with E-state index in [4.69, 9.17) is 5.11 Å². The van der Waals surface area contributed by atoms with Crippen molar-refractivity contribution in [3.63, 3.8) is 0 Å². The number of hydrogen-bond donors (Lipinski definition) is 1. The molecule has 0 bridgehead atoms. The highest BCUT2D eigenvalue weighted by atomic mass is 16.4. The Labute approximate surface area is 131 Å². The maximum absolute atomic E-state index is 10.4. The maximum atomic E-state index is 10.4. The van der Waals surface area contributed by atoms with Gasteiger partial charge in [-0.05, 0) is 43.9 Å². The molecule has 0 unspecified atom stereocenters. The molecule has 21 heavy (non-hydrogen) atoms. The molecule has 2 heteroatoms. The molecule has 0 aliphatic heterocycles. The molecule has 0 spiro atoms. The zero-order chi connectivity index (χ0) is 15.3. The first-order chi connectivity index (χ1) is 10.2. The normalized spacial score (nSPS) is 21.0. The molecule has 1 N–H and O–H groups in total. The van der Waals surface area contributed by atoms with Crippen molar-refractivity contribution in [2.24, 2.45) is 11.8 Å². The Hall–Kier alpha value is -0.790. The van der Waals surface area contributed by atoms with Crippen LogP contribution in [0.4, 0.5) is 0 Å². The molecule has 1 aliphatic rings. The standard InChI is InChI=1S/C19H34O2/c1-2-3-4-5-7-10-13-17-16-18(17)14-11-8-6-9-12-15-19(20)21/h11,14,17-18H,2-10,12-13,15-16H2,1H3,(H,20,21)/b14-11-/t17-,18+/m0/s1. The zero-order valence-corrected chi connectivity index (χ0v) is 13.9. The van der Waals surface area contributed by atoms with E-state index in [1.807, 2.05) is 0 Å². The monoisotopic (exact) mass is 294 g/mol. The van der Waals surface area contributed by atoms with E-state index >= 15 is 0 Å². The van der Waals surface area contributed by atoms with Crippen molar-refractivity contribution >= 4 is 5.97 Å². The molecule has 0 saturated heterocycles. The summed E-state index contributed by atoms with van der Waals surface area (Å²) >= 11 is 0. The molecule has 1 rings (SSSR count). The van der Waals surface area contributed by atoms with E-state index in [9.17, 15) is 4.79 Å². The highest BCUT2D eigenvalue weighted by molar-refractivity contribution is 5.66. The third-order valence-electron chi connectivity index (χ3n) is 4.55. The van der Waals surface area contributed by atoms with Crippen molar-refractivity contribution in [3.8, 4) is 0 Å². The quantitative estimate of drug-likeness (QED) is 0.317. The van der Waals surface area contributed by atoms with Crippen LogP contribution in [0.15, 0.2) is 12.2 Å². The van der Waals surface area contributed by atoms with Crippen LogP contribution in [-0.2, 0) is 4.79 Å². The topological polar surface area (TPSA) is 37.3 Å². The van der Waals surface area contributed by atoms with Crippen LogP contribution >= 0.6 is 0 Å². The number of hydrogen-bond acceptors (Lipinski definition) is 1. The molecular weight excluding hydrogens is 260 g/mol. The summed E-state index contributed by atoms with van der Waals surface area (Å²) in [5, 5.41) is 8.54. The molecule has 2 atom stereocenters. The second kappa shape index (κ2) is 11.8. The first-order valence-electron chi connectivity index (χ1n) is 9.12. The number of aliphatic carboxylic acids is 1. The van der Waals surface area contributed by atoms with Gasteiger partial charge in [0.05, 0.1) is 0 Å². The van der Waals surface area contributed by atoms with E-state index < -0.39 is 5.97 Å². The van der Waals surface area contributed by atoms with E-state index in [1.165, 1.54) is 51.4 Å². The van der Waals surface area contributed by atoms with Gasteiger partial charge in [0.1, 0.15) is 0 Å². The average Bonchev–Trinajstić information content (AvgIpc) is 3.20. The summed E-state index contributed by atoms with van der Waals surface area (Å²) in [6.07, 6.45) is 20.5. The fourth-order valence-electron chi connectivity index (χ4n) is 3.01. The van der Waals surface area contributed by atoms with E-state index in [0.29, 0.717) is 6.42 Å². The largest absolute Gasteiger partial charge is 0.481 e. The molecule has 0 radical (unpaired) electrons. The summed E-state index contributed by atoms with van der Waals surface area (Å²) in [5.74, 6) is 1.17. The van der Waals surface area contributed by atoms with Crippen molar-refractivity contribution in [1.82, 2.24) is 0 Å². The van der Waals surface area contributed by atoms with Gasteiger partial charge in [0.25, 0.3) is 0 Å². The van der Waals surface area contributed by atoms with Crippen LogP contribution in [0.1, 0.15) is 90.4 Å². The molecule has 1 fully saturated rings. The minimum atomic E-state index is -0.666.